The molecule has 0 saturated carbocycles. The van der Waals surface area contributed by atoms with Crippen LogP contribution in [0.1, 0.15) is 51.4 Å². The van der Waals surface area contributed by atoms with Gasteiger partial charge in [0.1, 0.15) is 0 Å². The SMILES string of the molecule is CCN(CC)Cc1ccccc1CNc1nn2cc(C(C)(C)C)nc2s1. The van der Waals surface area contributed by atoms with Crippen molar-refractivity contribution in [3.63, 3.8) is 0 Å². The molecular formula is C20H29N5S. The van der Waals surface area contributed by atoms with Gasteiger partial charge in [0, 0.05) is 18.5 Å². The molecule has 0 aliphatic carbocycles. The van der Waals surface area contributed by atoms with Gasteiger partial charge in [-0.05, 0) is 24.2 Å². The molecule has 0 bridgehead atoms. The average Bonchev–Trinajstić information content (AvgIpc) is 3.17. The number of fused-ring (bicyclic) bond motifs is 1. The van der Waals surface area contributed by atoms with E-state index in [9.17, 15) is 0 Å². The Bertz CT molecular complexity index is 823. The van der Waals surface area contributed by atoms with Crippen molar-refractivity contribution in [3.05, 3.63) is 47.3 Å². The maximum Gasteiger partial charge on any atom is 0.214 e. The molecule has 0 atom stereocenters. The van der Waals surface area contributed by atoms with Gasteiger partial charge in [-0.15, -0.1) is 5.10 Å². The lowest BCUT2D eigenvalue weighted by atomic mass is 9.93. The van der Waals surface area contributed by atoms with Crippen LogP contribution in [0, 0.1) is 0 Å². The van der Waals surface area contributed by atoms with E-state index in [2.05, 4.69) is 74.2 Å². The first kappa shape index (κ1) is 18.9. The minimum Gasteiger partial charge on any atom is -0.356 e. The van der Waals surface area contributed by atoms with E-state index in [-0.39, 0.29) is 5.41 Å². The normalized spacial score (nSPS) is 12.2. The largest absolute Gasteiger partial charge is 0.356 e. The minimum absolute atomic E-state index is 0.0460. The Morgan fingerprint density at radius 3 is 2.42 bits per heavy atom. The Morgan fingerprint density at radius 1 is 1.12 bits per heavy atom. The molecule has 2 heterocycles. The van der Waals surface area contributed by atoms with Crippen molar-refractivity contribution in [2.75, 3.05) is 18.4 Å². The summed E-state index contributed by atoms with van der Waals surface area (Å²) < 4.78 is 1.88. The van der Waals surface area contributed by atoms with Crippen molar-refractivity contribution in [1.82, 2.24) is 19.5 Å². The maximum absolute atomic E-state index is 4.71. The standard InChI is InChI=1S/C20H29N5S/c1-6-24(7-2)13-16-11-9-8-10-15(16)12-21-18-23-25-14-17(20(3,4)5)22-19(25)26-18/h8-11,14H,6-7,12-13H2,1-5H3,(H,21,23). The number of imidazole rings is 1. The van der Waals surface area contributed by atoms with Crippen molar-refractivity contribution in [3.8, 4) is 0 Å². The third kappa shape index (κ3) is 4.24. The summed E-state index contributed by atoms with van der Waals surface area (Å²) in [4.78, 5) is 8.08. The van der Waals surface area contributed by atoms with Crippen LogP contribution >= 0.6 is 11.3 Å². The summed E-state index contributed by atoms with van der Waals surface area (Å²) in [7, 11) is 0. The summed E-state index contributed by atoms with van der Waals surface area (Å²) in [5.41, 5.74) is 3.82. The average molecular weight is 372 g/mol. The Balaban J connectivity index is 1.71. The van der Waals surface area contributed by atoms with Gasteiger partial charge in [0.05, 0.1) is 11.9 Å². The highest BCUT2D eigenvalue weighted by Crippen LogP contribution is 2.26. The molecule has 0 unspecified atom stereocenters. The monoisotopic (exact) mass is 371 g/mol. The number of hydrogen-bond acceptors (Lipinski definition) is 5. The molecule has 3 rings (SSSR count). The number of anilines is 1. The molecule has 6 heteroatoms. The highest BCUT2D eigenvalue weighted by atomic mass is 32.1. The molecule has 0 spiro atoms. The van der Waals surface area contributed by atoms with E-state index in [1.807, 2.05) is 10.7 Å². The summed E-state index contributed by atoms with van der Waals surface area (Å²) >= 11 is 1.60. The van der Waals surface area contributed by atoms with Crippen molar-refractivity contribution < 1.29 is 0 Å². The lowest BCUT2D eigenvalue weighted by Crippen LogP contribution is -2.23. The van der Waals surface area contributed by atoms with E-state index < -0.39 is 0 Å². The number of rotatable bonds is 7. The van der Waals surface area contributed by atoms with Gasteiger partial charge < -0.3 is 5.32 Å². The molecule has 0 aliphatic rings. The molecule has 0 saturated heterocycles. The molecule has 0 amide bonds. The van der Waals surface area contributed by atoms with E-state index >= 15 is 0 Å². The first-order valence-corrected chi connectivity index (χ1v) is 10.1. The third-order valence-electron chi connectivity index (χ3n) is 4.65. The van der Waals surface area contributed by atoms with Crippen LogP contribution in [0.3, 0.4) is 0 Å². The number of nitrogens with one attached hydrogen (secondary N) is 1. The molecule has 1 aromatic carbocycles. The highest BCUT2D eigenvalue weighted by Gasteiger charge is 2.19. The Labute approximate surface area is 160 Å². The van der Waals surface area contributed by atoms with Crippen LogP contribution in [0.25, 0.3) is 4.96 Å². The first-order valence-electron chi connectivity index (χ1n) is 9.30. The zero-order chi connectivity index (χ0) is 18.7. The van der Waals surface area contributed by atoms with E-state index in [0.29, 0.717) is 0 Å². The van der Waals surface area contributed by atoms with Gasteiger partial charge in [-0.1, -0.05) is 70.2 Å². The van der Waals surface area contributed by atoms with Crippen LogP contribution < -0.4 is 5.32 Å². The first-order chi connectivity index (χ1) is 12.4. The fourth-order valence-electron chi connectivity index (χ4n) is 2.88. The molecule has 1 N–H and O–H groups in total. The fourth-order valence-corrected chi connectivity index (χ4v) is 3.65. The van der Waals surface area contributed by atoms with E-state index in [0.717, 1.165) is 42.0 Å². The molecule has 0 fully saturated rings. The number of benzene rings is 1. The van der Waals surface area contributed by atoms with Crippen molar-refractivity contribution in [2.45, 2.75) is 53.1 Å². The Kier molecular flexibility index (Phi) is 5.63. The van der Waals surface area contributed by atoms with Crippen molar-refractivity contribution >= 4 is 21.4 Å². The number of aromatic nitrogens is 3. The molecule has 0 radical (unpaired) electrons. The summed E-state index contributed by atoms with van der Waals surface area (Å²) in [6, 6.07) is 8.64. The zero-order valence-corrected chi connectivity index (χ0v) is 17.2. The molecule has 140 valence electrons. The molecule has 5 nitrogen and oxygen atoms in total. The summed E-state index contributed by atoms with van der Waals surface area (Å²) in [5, 5.41) is 9.02. The minimum atomic E-state index is 0.0460. The van der Waals surface area contributed by atoms with Gasteiger partial charge in [-0.2, -0.15) is 0 Å². The van der Waals surface area contributed by atoms with Gasteiger partial charge in [-0.3, -0.25) is 4.90 Å². The van der Waals surface area contributed by atoms with E-state index in [1.165, 1.54) is 11.1 Å². The fraction of sp³-hybridized carbons (Fsp3) is 0.500. The van der Waals surface area contributed by atoms with E-state index in [1.54, 1.807) is 11.3 Å². The summed E-state index contributed by atoms with van der Waals surface area (Å²) in [5.74, 6) is 0. The van der Waals surface area contributed by atoms with Crippen LogP contribution in [0.15, 0.2) is 30.5 Å². The Hall–Kier alpha value is -1.92. The maximum atomic E-state index is 4.71. The molecule has 0 aliphatic heterocycles. The van der Waals surface area contributed by atoms with Crippen LogP contribution in [-0.4, -0.2) is 32.6 Å². The molecule has 2 aromatic heterocycles. The zero-order valence-electron chi connectivity index (χ0n) is 16.4. The van der Waals surface area contributed by atoms with Gasteiger partial charge in [0.25, 0.3) is 0 Å². The lowest BCUT2D eigenvalue weighted by molar-refractivity contribution is 0.295. The quantitative estimate of drug-likeness (QED) is 0.662. The highest BCUT2D eigenvalue weighted by molar-refractivity contribution is 7.20. The predicted molar refractivity (Wildman–Crippen MR) is 110 cm³/mol. The van der Waals surface area contributed by atoms with Crippen molar-refractivity contribution in [1.29, 1.82) is 0 Å². The summed E-state index contributed by atoms with van der Waals surface area (Å²) in [6.07, 6.45) is 2.03. The van der Waals surface area contributed by atoms with E-state index in [4.69, 9.17) is 4.98 Å². The molecular weight excluding hydrogens is 342 g/mol. The summed E-state index contributed by atoms with van der Waals surface area (Å²) in [6.45, 7) is 14.8. The molecule has 26 heavy (non-hydrogen) atoms. The third-order valence-corrected chi connectivity index (χ3v) is 5.53. The van der Waals surface area contributed by atoms with Gasteiger partial charge in [0.2, 0.25) is 10.1 Å². The van der Waals surface area contributed by atoms with Crippen LogP contribution in [0.4, 0.5) is 5.13 Å². The Morgan fingerprint density at radius 2 is 1.81 bits per heavy atom. The van der Waals surface area contributed by atoms with Crippen LogP contribution in [-0.2, 0) is 18.5 Å². The van der Waals surface area contributed by atoms with Crippen molar-refractivity contribution in [2.24, 2.45) is 0 Å². The van der Waals surface area contributed by atoms with Crippen LogP contribution in [0.2, 0.25) is 0 Å². The molecule has 3 aromatic rings. The lowest BCUT2D eigenvalue weighted by Gasteiger charge is -2.20. The number of nitrogens with zero attached hydrogens (tertiary/aromatic N) is 4. The predicted octanol–water partition coefficient (Wildman–Crippen LogP) is 4.54. The van der Waals surface area contributed by atoms with Crippen LogP contribution in [0.5, 0.6) is 0 Å². The topological polar surface area (TPSA) is 45.5 Å². The van der Waals surface area contributed by atoms with Gasteiger partial charge in [-0.25, -0.2) is 9.50 Å². The second-order valence-electron chi connectivity index (χ2n) is 7.59. The smallest absolute Gasteiger partial charge is 0.214 e. The van der Waals surface area contributed by atoms with Gasteiger partial charge >= 0.3 is 0 Å². The second kappa shape index (κ2) is 7.76. The number of hydrogen-bond donors (Lipinski definition) is 1. The second-order valence-corrected chi connectivity index (χ2v) is 8.55. The van der Waals surface area contributed by atoms with Gasteiger partial charge in [0.15, 0.2) is 0 Å².